The topological polar surface area (TPSA) is 54.9 Å². The molecular weight excluding hydrogens is 449 g/mol. The highest BCUT2D eigenvalue weighted by atomic mass is 127. The predicted molar refractivity (Wildman–Crippen MR) is 116 cm³/mol. The third-order valence-corrected chi connectivity index (χ3v) is 4.41. The van der Waals surface area contributed by atoms with E-state index < -0.39 is 0 Å². The molecule has 0 aliphatic rings. The second kappa shape index (κ2) is 12.0. The van der Waals surface area contributed by atoms with Crippen LogP contribution in [0.4, 0.5) is 0 Å². The van der Waals surface area contributed by atoms with E-state index in [0.717, 1.165) is 24.0 Å². The number of benzene rings is 1. The fourth-order valence-electron chi connectivity index (χ4n) is 2.09. The Morgan fingerprint density at radius 2 is 2.00 bits per heavy atom. The number of hydrogen-bond donors (Lipinski definition) is 2. The minimum absolute atomic E-state index is 0. The Bertz CT molecular complexity index is 661. The summed E-state index contributed by atoms with van der Waals surface area (Å²) in [6.45, 7) is 6.91. The van der Waals surface area contributed by atoms with Crippen LogP contribution >= 0.6 is 35.3 Å². The van der Waals surface area contributed by atoms with Gasteiger partial charge in [0.1, 0.15) is 18.1 Å². The maximum absolute atomic E-state index is 5.72. The highest BCUT2D eigenvalue weighted by Crippen LogP contribution is 2.18. The van der Waals surface area contributed by atoms with Gasteiger partial charge in [0.05, 0.1) is 20.2 Å². The van der Waals surface area contributed by atoms with Gasteiger partial charge in [0.15, 0.2) is 5.96 Å². The van der Waals surface area contributed by atoms with E-state index in [1.807, 2.05) is 24.3 Å². The third kappa shape index (κ3) is 7.52. The van der Waals surface area contributed by atoms with Crippen molar-refractivity contribution in [3.63, 3.8) is 0 Å². The van der Waals surface area contributed by atoms with Crippen molar-refractivity contribution in [2.75, 3.05) is 26.8 Å². The van der Waals surface area contributed by atoms with Crippen molar-refractivity contribution < 1.29 is 9.47 Å². The molecule has 0 aliphatic heterocycles. The van der Waals surface area contributed by atoms with Gasteiger partial charge in [-0.2, -0.15) is 0 Å². The third-order valence-electron chi connectivity index (χ3n) is 3.40. The summed E-state index contributed by atoms with van der Waals surface area (Å²) in [5, 5.41) is 8.64. The minimum Gasteiger partial charge on any atom is -0.497 e. The van der Waals surface area contributed by atoms with Crippen LogP contribution in [0.3, 0.4) is 0 Å². The Labute approximate surface area is 170 Å². The predicted octanol–water partition coefficient (Wildman–Crippen LogP) is 3.82. The van der Waals surface area contributed by atoms with Gasteiger partial charge in [-0.3, -0.25) is 0 Å². The number of thiophene rings is 1. The summed E-state index contributed by atoms with van der Waals surface area (Å²) in [5.74, 6) is 2.40. The van der Waals surface area contributed by atoms with Crippen LogP contribution in [0.15, 0.2) is 40.7 Å². The molecule has 0 saturated carbocycles. The Morgan fingerprint density at radius 1 is 1.20 bits per heavy atom. The normalized spacial score (nSPS) is 10.8. The summed E-state index contributed by atoms with van der Waals surface area (Å²) < 4.78 is 10.9. The number of aryl methyl sites for hydroxylation is 1. The number of methoxy groups -OCH3 is 1. The second-order valence-electron chi connectivity index (χ2n) is 5.18. The van der Waals surface area contributed by atoms with Crippen LogP contribution in [0.2, 0.25) is 0 Å². The van der Waals surface area contributed by atoms with Crippen LogP contribution < -0.4 is 20.1 Å². The first-order chi connectivity index (χ1) is 11.7. The van der Waals surface area contributed by atoms with Crippen LogP contribution in [-0.4, -0.2) is 32.8 Å². The summed E-state index contributed by atoms with van der Waals surface area (Å²) in [6.07, 6.45) is 0. The number of rotatable bonds is 8. The van der Waals surface area contributed by atoms with Gasteiger partial charge < -0.3 is 20.1 Å². The highest BCUT2D eigenvalue weighted by molar-refractivity contribution is 14.0. The number of aliphatic imine (C=N–C) groups is 1. The maximum atomic E-state index is 5.72. The standard InChI is InChI=1S/C18H25N3O2S.HI/c1-4-19-18(21-13-17-14(2)8-11-24-17)20-9-10-23-16-7-5-6-15(12-16)22-3;/h5-8,11-12H,4,9-10,13H2,1-3H3,(H2,19,20,21);1H. The van der Waals surface area contributed by atoms with Crippen molar-refractivity contribution in [3.8, 4) is 11.5 Å². The maximum Gasteiger partial charge on any atom is 0.191 e. The smallest absolute Gasteiger partial charge is 0.191 e. The van der Waals surface area contributed by atoms with E-state index in [-0.39, 0.29) is 24.0 Å². The van der Waals surface area contributed by atoms with Crippen LogP contribution in [0.1, 0.15) is 17.4 Å². The summed E-state index contributed by atoms with van der Waals surface area (Å²) >= 11 is 1.74. The van der Waals surface area contributed by atoms with Crippen molar-refractivity contribution in [1.29, 1.82) is 0 Å². The van der Waals surface area contributed by atoms with Gasteiger partial charge in [-0.25, -0.2) is 4.99 Å². The lowest BCUT2D eigenvalue weighted by Gasteiger charge is -2.12. The van der Waals surface area contributed by atoms with E-state index in [0.29, 0.717) is 19.7 Å². The molecule has 0 atom stereocenters. The van der Waals surface area contributed by atoms with Gasteiger partial charge in [-0.05, 0) is 43.0 Å². The monoisotopic (exact) mass is 475 g/mol. The zero-order chi connectivity index (χ0) is 17.2. The van der Waals surface area contributed by atoms with Gasteiger partial charge in [0.2, 0.25) is 0 Å². The van der Waals surface area contributed by atoms with Crippen LogP contribution in [-0.2, 0) is 6.54 Å². The molecule has 0 amide bonds. The lowest BCUT2D eigenvalue weighted by molar-refractivity contribution is 0.319. The number of guanidine groups is 1. The Balaban J connectivity index is 0.00000312. The largest absolute Gasteiger partial charge is 0.497 e. The number of ether oxygens (including phenoxy) is 2. The number of halogens is 1. The zero-order valence-electron chi connectivity index (χ0n) is 14.9. The molecule has 0 fully saturated rings. The van der Waals surface area contributed by atoms with Crippen molar-refractivity contribution in [2.45, 2.75) is 20.4 Å². The molecule has 2 aromatic rings. The summed E-state index contributed by atoms with van der Waals surface area (Å²) in [7, 11) is 1.65. The fourth-order valence-corrected chi connectivity index (χ4v) is 2.92. The van der Waals surface area contributed by atoms with Crippen molar-refractivity contribution in [1.82, 2.24) is 10.6 Å². The first-order valence-corrected chi connectivity index (χ1v) is 8.93. The van der Waals surface area contributed by atoms with Crippen molar-refractivity contribution in [2.24, 2.45) is 4.99 Å². The molecule has 25 heavy (non-hydrogen) atoms. The number of nitrogens with one attached hydrogen (secondary N) is 2. The Hall–Kier alpha value is -1.48. The molecule has 138 valence electrons. The Morgan fingerprint density at radius 3 is 2.68 bits per heavy atom. The van der Waals surface area contributed by atoms with Gasteiger partial charge >= 0.3 is 0 Å². The van der Waals surface area contributed by atoms with E-state index in [1.165, 1.54) is 10.4 Å². The molecule has 1 aromatic carbocycles. The van der Waals surface area contributed by atoms with E-state index in [2.05, 4.69) is 40.9 Å². The van der Waals surface area contributed by atoms with Crippen molar-refractivity contribution >= 4 is 41.3 Å². The SMILES string of the molecule is CCNC(=NCc1sccc1C)NCCOc1cccc(OC)c1.I. The van der Waals surface area contributed by atoms with Gasteiger partial charge in [-0.1, -0.05) is 6.07 Å². The fraction of sp³-hybridized carbons (Fsp3) is 0.389. The van der Waals surface area contributed by atoms with Gasteiger partial charge in [-0.15, -0.1) is 35.3 Å². The van der Waals surface area contributed by atoms with E-state index >= 15 is 0 Å². The highest BCUT2D eigenvalue weighted by Gasteiger charge is 2.01. The molecule has 7 heteroatoms. The second-order valence-corrected chi connectivity index (χ2v) is 6.18. The molecule has 5 nitrogen and oxygen atoms in total. The molecule has 2 rings (SSSR count). The average Bonchev–Trinajstić information content (AvgIpc) is 3.01. The molecule has 1 heterocycles. The molecular formula is C18H26IN3O2S. The van der Waals surface area contributed by atoms with Crippen LogP contribution in [0.25, 0.3) is 0 Å². The number of hydrogen-bond acceptors (Lipinski definition) is 4. The molecule has 2 N–H and O–H groups in total. The van der Waals surface area contributed by atoms with Crippen LogP contribution in [0, 0.1) is 6.92 Å². The summed E-state index contributed by atoms with van der Waals surface area (Å²) in [6, 6.07) is 9.72. The summed E-state index contributed by atoms with van der Waals surface area (Å²) in [5.41, 5.74) is 1.29. The zero-order valence-corrected chi connectivity index (χ0v) is 18.0. The minimum atomic E-state index is 0. The van der Waals surface area contributed by atoms with E-state index in [9.17, 15) is 0 Å². The molecule has 0 saturated heterocycles. The first-order valence-electron chi connectivity index (χ1n) is 8.05. The lowest BCUT2D eigenvalue weighted by atomic mass is 10.3. The molecule has 0 radical (unpaired) electrons. The lowest BCUT2D eigenvalue weighted by Crippen LogP contribution is -2.39. The first kappa shape index (κ1) is 21.6. The molecule has 0 spiro atoms. The van der Waals surface area contributed by atoms with E-state index in [1.54, 1.807) is 18.4 Å². The number of nitrogens with zero attached hydrogens (tertiary/aromatic N) is 1. The molecule has 0 unspecified atom stereocenters. The van der Waals surface area contributed by atoms with Gasteiger partial charge in [0.25, 0.3) is 0 Å². The van der Waals surface area contributed by atoms with Gasteiger partial charge in [0, 0.05) is 17.5 Å². The van der Waals surface area contributed by atoms with E-state index in [4.69, 9.17) is 9.47 Å². The summed E-state index contributed by atoms with van der Waals surface area (Å²) in [4.78, 5) is 5.91. The molecule has 1 aromatic heterocycles. The Kier molecular flexibility index (Phi) is 10.3. The average molecular weight is 475 g/mol. The molecule has 0 aliphatic carbocycles. The van der Waals surface area contributed by atoms with Crippen molar-refractivity contribution in [3.05, 3.63) is 46.2 Å². The quantitative estimate of drug-likeness (QED) is 0.264. The van der Waals surface area contributed by atoms with Crippen LogP contribution in [0.5, 0.6) is 11.5 Å². The molecule has 0 bridgehead atoms.